The Morgan fingerprint density at radius 2 is 2.11 bits per heavy atom. The van der Waals surface area contributed by atoms with Crippen LogP contribution in [0.4, 0.5) is 0 Å². The highest BCUT2D eigenvalue weighted by Crippen LogP contribution is 2.37. The predicted octanol–water partition coefficient (Wildman–Crippen LogP) is 3.41. The second-order valence-corrected chi connectivity index (χ2v) is 6.21. The molecule has 0 radical (unpaired) electrons. The molecule has 1 aromatic carbocycles. The van der Waals surface area contributed by atoms with Crippen molar-refractivity contribution < 1.29 is 0 Å². The summed E-state index contributed by atoms with van der Waals surface area (Å²) in [6, 6.07) is 11.8. The number of hydrogen-bond donors (Lipinski definition) is 2. The van der Waals surface area contributed by atoms with Crippen molar-refractivity contribution in [2.24, 2.45) is 5.73 Å². The highest BCUT2D eigenvalue weighted by molar-refractivity contribution is 7.07. The van der Waals surface area contributed by atoms with Crippen molar-refractivity contribution in [3.8, 4) is 0 Å². The van der Waals surface area contributed by atoms with Crippen LogP contribution in [0.1, 0.15) is 42.1 Å². The molecule has 3 unspecified atom stereocenters. The number of nitrogens with two attached hydrogens (primary N) is 1. The minimum absolute atomic E-state index is 0.182. The van der Waals surface area contributed by atoms with Gasteiger partial charge in [0.25, 0.3) is 0 Å². The Labute approximate surface area is 118 Å². The van der Waals surface area contributed by atoms with Gasteiger partial charge in [0.1, 0.15) is 0 Å². The quantitative estimate of drug-likeness (QED) is 0.895. The van der Waals surface area contributed by atoms with Crippen LogP contribution in [-0.2, 0) is 6.42 Å². The van der Waals surface area contributed by atoms with Gasteiger partial charge in [-0.25, -0.2) is 0 Å². The molecule has 0 spiro atoms. The van der Waals surface area contributed by atoms with E-state index in [1.165, 1.54) is 16.7 Å². The molecule has 2 nitrogen and oxygen atoms in total. The third-order valence-corrected chi connectivity index (χ3v) is 4.60. The Morgan fingerprint density at radius 3 is 2.84 bits per heavy atom. The molecule has 0 saturated heterocycles. The van der Waals surface area contributed by atoms with Gasteiger partial charge in [0.05, 0.1) is 0 Å². The molecular weight excluding hydrogens is 252 g/mol. The molecule has 0 fully saturated rings. The van der Waals surface area contributed by atoms with Gasteiger partial charge in [-0.1, -0.05) is 24.3 Å². The van der Waals surface area contributed by atoms with Crippen LogP contribution in [0.25, 0.3) is 0 Å². The van der Waals surface area contributed by atoms with Crippen LogP contribution < -0.4 is 11.1 Å². The molecule has 0 saturated carbocycles. The molecule has 1 aromatic heterocycles. The molecule has 19 heavy (non-hydrogen) atoms. The Hall–Kier alpha value is -1.16. The molecule has 0 amide bonds. The lowest BCUT2D eigenvalue weighted by molar-refractivity contribution is 0.435. The summed E-state index contributed by atoms with van der Waals surface area (Å²) >= 11 is 1.77. The van der Waals surface area contributed by atoms with E-state index in [2.05, 4.69) is 53.3 Å². The topological polar surface area (TPSA) is 38.0 Å². The van der Waals surface area contributed by atoms with E-state index >= 15 is 0 Å². The molecule has 0 bridgehead atoms. The number of thiophene rings is 1. The molecule has 1 aliphatic rings. The van der Waals surface area contributed by atoms with E-state index in [0.717, 1.165) is 12.8 Å². The van der Waals surface area contributed by atoms with Crippen LogP contribution in [0.5, 0.6) is 0 Å². The van der Waals surface area contributed by atoms with E-state index < -0.39 is 0 Å². The Kier molecular flexibility index (Phi) is 3.69. The zero-order valence-corrected chi connectivity index (χ0v) is 12.0. The monoisotopic (exact) mass is 272 g/mol. The molecule has 3 rings (SSSR count). The normalized spacial score (nSPS) is 23.3. The van der Waals surface area contributed by atoms with E-state index in [9.17, 15) is 0 Å². The lowest BCUT2D eigenvalue weighted by Crippen LogP contribution is -2.31. The van der Waals surface area contributed by atoms with Gasteiger partial charge in [-0.2, -0.15) is 11.3 Å². The lowest BCUT2D eigenvalue weighted by Gasteiger charge is -2.20. The average molecular weight is 272 g/mol. The van der Waals surface area contributed by atoms with Crippen molar-refractivity contribution in [3.05, 3.63) is 57.8 Å². The van der Waals surface area contributed by atoms with Gasteiger partial charge in [-0.15, -0.1) is 0 Å². The Bertz CT molecular complexity index is 535. The molecular formula is C16H20N2S. The van der Waals surface area contributed by atoms with E-state index in [4.69, 9.17) is 5.73 Å². The van der Waals surface area contributed by atoms with E-state index in [1.807, 2.05) is 0 Å². The van der Waals surface area contributed by atoms with Crippen molar-refractivity contribution in [2.75, 3.05) is 0 Å². The fraction of sp³-hybridized carbons (Fsp3) is 0.375. The molecule has 3 heteroatoms. The Balaban J connectivity index is 1.68. The molecule has 1 aliphatic carbocycles. The minimum atomic E-state index is 0.182. The maximum Gasteiger partial charge on any atom is 0.0344 e. The first-order chi connectivity index (χ1) is 9.24. The van der Waals surface area contributed by atoms with Crippen molar-refractivity contribution in [1.82, 2.24) is 5.32 Å². The van der Waals surface area contributed by atoms with Gasteiger partial charge < -0.3 is 11.1 Å². The molecule has 3 N–H and O–H groups in total. The summed E-state index contributed by atoms with van der Waals surface area (Å²) in [5.74, 6) is 0. The van der Waals surface area contributed by atoms with Crippen molar-refractivity contribution in [2.45, 2.75) is 37.9 Å². The summed E-state index contributed by atoms with van der Waals surface area (Å²) in [4.78, 5) is 0. The SMILES string of the molecule is CC(Cc1ccsc1)NC1CC(N)c2ccccc21. The summed E-state index contributed by atoms with van der Waals surface area (Å²) in [7, 11) is 0. The highest BCUT2D eigenvalue weighted by atomic mass is 32.1. The summed E-state index contributed by atoms with van der Waals surface area (Å²) in [5, 5.41) is 8.10. The van der Waals surface area contributed by atoms with Crippen LogP contribution in [0, 0.1) is 0 Å². The van der Waals surface area contributed by atoms with Crippen LogP contribution in [0.3, 0.4) is 0 Å². The number of rotatable bonds is 4. The standard InChI is InChI=1S/C16H20N2S/c1-11(8-12-6-7-19-10-12)18-16-9-15(17)13-4-2-3-5-14(13)16/h2-7,10-11,15-16,18H,8-9,17H2,1H3. The molecule has 3 atom stereocenters. The number of fused-ring (bicyclic) bond motifs is 1. The number of benzene rings is 1. The fourth-order valence-electron chi connectivity index (χ4n) is 3.00. The van der Waals surface area contributed by atoms with Gasteiger partial charge >= 0.3 is 0 Å². The van der Waals surface area contributed by atoms with Gasteiger partial charge in [-0.05, 0) is 53.3 Å². The van der Waals surface area contributed by atoms with E-state index in [-0.39, 0.29) is 6.04 Å². The van der Waals surface area contributed by atoms with Crippen molar-refractivity contribution in [3.63, 3.8) is 0 Å². The maximum atomic E-state index is 6.21. The highest BCUT2D eigenvalue weighted by Gasteiger charge is 2.28. The van der Waals surface area contributed by atoms with Gasteiger partial charge in [0.15, 0.2) is 0 Å². The average Bonchev–Trinajstić information content (AvgIpc) is 3.00. The lowest BCUT2D eigenvalue weighted by atomic mass is 10.1. The van der Waals surface area contributed by atoms with Gasteiger partial charge in [0, 0.05) is 18.1 Å². The van der Waals surface area contributed by atoms with E-state index in [1.54, 1.807) is 11.3 Å². The van der Waals surface area contributed by atoms with Crippen LogP contribution in [0.2, 0.25) is 0 Å². The molecule has 2 aromatic rings. The summed E-state index contributed by atoms with van der Waals surface area (Å²) in [6.45, 7) is 2.25. The second kappa shape index (κ2) is 5.45. The van der Waals surface area contributed by atoms with Gasteiger partial charge in [-0.3, -0.25) is 0 Å². The zero-order valence-electron chi connectivity index (χ0n) is 11.2. The number of nitrogens with one attached hydrogen (secondary N) is 1. The summed E-state index contributed by atoms with van der Waals surface area (Å²) < 4.78 is 0. The zero-order chi connectivity index (χ0) is 13.2. The van der Waals surface area contributed by atoms with Crippen LogP contribution >= 0.6 is 11.3 Å². The van der Waals surface area contributed by atoms with Crippen molar-refractivity contribution >= 4 is 11.3 Å². The smallest absolute Gasteiger partial charge is 0.0344 e. The summed E-state index contributed by atoms with van der Waals surface area (Å²) in [5.41, 5.74) is 10.3. The van der Waals surface area contributed by atoms with Gasteiger partial charge in [0.2, 0.25) is 0 Å². The maximum absolute atomic E-state index is 6.21. The largest absolute Gasteiger partial charge is 0.324 e. The number of hydrogen-bond acceptors (Lipinski definition) is 3. The molecule has 100 valence electrons. The van der Waals surface area contributed by atoms with Crippen LogP contribution in [-0.4, -0.2) is 6.04 Å². The second-order valence-electron chi connectivity index (χ2n) is 5.43. The van der Waals surface area contributed by atoms with Crippen molar-refractivity contribution in [1.29, 1.82) is 0 Å². The third-order valence-electron chi connectivity index (χ3n) is 3.87. The summed E-state index contributed by atoms with van der Waals surface area (Å²) in [6.07, 6.45) is 2.09. The predicted molar refractivity (Wildman–Crippen MR) is 81.3 cm³/mol. The molecule has 0 aliphatic heterocycles. The third kappa shape index (κ3) is 2.73. The van der Waals surface area contributed by atoms with Crippen LogP contribution in [0.15, 0.2) is 41.1 Å². The first-order valence-electron chi connectivity index (χ1n) is 6.85. The molecule has 1 heterocycles. The Morgan fingerprint density at radius 1 is 1.32 bits per heavy atom. The first-order valence-corrected chi connectivity index (χ1v) is 7.80. The fourth-order valence-corrected chi connectivity index (χ4v) is 3.68. The first kappa shape index (κ1) is 12.9. The minimum Gasteiger partial charge on any atom is -0.324 e. The van der Waals surface area contributed by atoms with E-state index in [0.29, 0.717) is 12.1 Å².